The highest BCUT2D eigenvalue weighted by Crippen LogP contribution is 2.36. The molecule has 0 unspecified atom stereocenters. The lowest BCUT2D eigenvalue weighted by molar-refractivity contribution is -0.121. The van der Waals surface area contributed by atoms with E-state index in [0.29, 0.717) is 35.2 Å². The minimum absolute atomic E-state index is 0.0464. The summed E-state index contributed by atoms with van der Waals surface area (Å²) in [4.78, 5) is 25.6. The second-order valence-electron chi connectivity index (χ2n) is 4.62. The first-order valence-corrected chi connectivity index (χ1v) is 6.92. The van der Waals surface area contributed by atoms with E-state index in [-0.39, 0.29) is 18.4 Å². The summed E-state index contributed by atoms with van der Waals surface area (Å²) in [7, 11) is 2.95. The molecule has 6 nitrogen and oxygen atoms in total. The Kier molecular flexibility index (Phi) is 4.90. The number of amides is 2. The van der Waals surface area contributed by atoms with Gasteiger partial charge in [-0.1, -0.05) is 11.6 Å². The summed E-state index contributed by atoms with van der Waals surface area (Å²) < 4.78 is 10.3. The van der Waals surface area contributed by atoms with Crippen LogP contribution in [0.25, 0.3) is 0 Å². The summed E-state index contributed by atoms with van der Waals surface area (Å²) in [6.07, 6.45) is 0.721. The number of nitrogens with zero attached hydrogens (tertiary/aromatic N) is 1. The molecule has 114 valence electrons. The molecule has 0 spiro atoms. The number of methoxy groups -OCH3 is 2. The third-order valence-electron chi connectivity index (χ3n) is 3.23. The lowest BCUT2D eigenvalue weighted by Crippen LogP contribution is -2.37. The van der Waals surface area contributed by atoms with Crippen molar-refractivity contribution in [3.05, 3.63) is 22.7 Å². The maximum absolute atomic E-state index is 12.5. The van der Waals surface area contributed by atoms with Crippen molar-refractivity contribution in [1.82, 2.24) is 10.2 Å². The number of ether oxygens (including phenoxy) is 2. The molecular weight excluding hydrogens is 296 g/mol. The molecule has 0 atom stereocenters. The summed E-state index contributed by atoms with van der Waals surface area (Å²) in [5, 5.41) is 3.02. The van der Waals surface area contributed by atoms with Crippen LogP contribution in [0, 0.1) is 0 Å². The largest absolute Gasteiger partial charge is 0.493 e. The van der Waals surface area contributed by atoms with E-state index in [1.165, 1.54) is 25.2 Å². The monoisotopic (exact) mass is 312 g/mol. The van der Waals surface area contributed by atoms with Gasteiger partial charge in [0.1, 0.15) is 0 Å². The Morgan fingerprint density at radius 2 is 2.10 bits per heavy atom. The summed E-state index contributed by atoms with van der Waals surface area (Å²) in [5.74, 6) is 0.347. The number of carbonyl (C=O) groups excluding carboxylic acids is 2. The van der Waals surface area contributed by atoms with E-state index in [9.17, 15) is 9.59 Å². The van der Waals surface area contributed by atoms with Crippen molar-refractivity contribution in [3.63, 3.8) is 0 Å². The normalized spacial score (nSPS) is 15.2. The van der Waals surface area contributed by atoms with Gasteiger partial charge in [0.2, 0.25) is 5.91 Å². The second kappa shape index (κ2) is 6.67. The molecule has 0 aliphatic carbocycles. The molecule has 1 N–H and O–H groups in total. The van der Waals surface area contributed by atoms with Gasteiger partial charge < -0.3 is 19.7 Å². The van der Waals surface area contributed by atoms with Gasteiger partial charge in [0, 0.05) is 18.7 Å². The summed E-state index contributed by atoms with van der Waals surface area (Å²) in [6, 6.07) is 3.09. The standard InChI is InChI=1S/C14H17ClN2O4/c1-20-11-7-9(6-10(15)13(11)21-2)14(19)17-5-3-4-16-12(18)8-17/h6-7H,3-5,8H2,1-2H3,(H,16,18). The van der Waals surface area contributed by atoms with E-state index >= 15 is 0 Å². The lowest BCUT2D eigenvalue weighted by atomic mass is 10.1. The van der Waals surface area contributed by atoms with E-state index < -0.39 is 0 Å². The first kappa shape index (κ1) is 15.4. The third kappa shape index (κ3) is 3.39. The van der Waals surface area contributed by atoms with Crippen molar-refractivity contribution in [3.8, 4) is 11.5 Å². The molecular formula is C14H17ClN2O4. The molecule has 1 heterocycles. The molecule has 0 saturated carbocycles. The smallest absolute Gasteiger partial charge is 0.254 e. The first-order valence-electron chi connectivity index (χ1n) is 6.54. The molecule has 1 aromatic carbocycles. The Balaban J connectivity index is 2.30. The lowest BCUT2D eigenvalue weighted by Gasteiger charge is -2.20. The maximum atomic E-state index is 12.5. The van der Waals surface area contributed by atoms with Crippen LogP contribution in [0.5, 0.6) is 11.5 Å². The van der Waals surface area contributed by atoms with Gasteiger partial charge in [0.15, 0.2) is 11.5 Å². The Bertz CT molecular complexity index is 562. The number of benzene rings is 1. The van der Waals surface area contributed by atoms with Crippen LogP contribution in [0.1, 0.15) is 16.8 Å². The third-order valence-corrected chi connectivity index (χ3v) is 3.51. The van der Waals surface area contributed by atoms with Gasteiger partial charge in [-0.15, -0.1) is 0 Å². The predicted octanol–water partition coefficient (Wildman–Crippen LogP) is 1.32. The molecule has 2 amide bonds. The zero-order valence-corrected chi connectivity index (χ0v) is 12.7. The van der Waals surface area contributed by atoms with E-state index in [0.717, 1.165) is 6.42 Å². The fourth-order valence-corrected chi connectivity index (χ4v) is 2.49. The van der Waals surface area contributed by atoms with Gasteiger partial charge in [-0.2, -0.15) is 0 Å². The fraction of sp³-hybridized carbons (Fsp3) is 0.429. The number of nitrogens with one attached hydrogen (secondary N) is 1. The summed E-state index contributed by atoms with van der Waals surface area (Å²) >= 11 is 6.10. The molecule has 1 aromatic rings. The molecule has 7 heteroatoms. The fourth-order valence-electron chi connectivity index (χ4n) is 2.20. The molecule has 0 bridgehead atoms. The molecule has 0 radical (unpaired) electrons. The van der Waals surface area contributed by atoms with Gasteiger partial charge in [0.05, 0.1) is 25.8 Å². The molecule has 1 aliphatic rings. The summed E-state index contributed by atoms with van der Waals surface area (Å²) in [6.45, 7) is 1.14. The number of halogens is 1. The minimum atomic E-state index is -0.255. The van der Waals surface area contributed by atoms with Crippen LogP contribution in [0.3, 0.4) is 0 Å². The first-order chi connectivity index (χ1) is 10.1. The van der Waals surface area contributed by atoms with Crippen LogP contribution < -0.4 is 14.8 Å². The van der Waals surface area contributed by atoms with Crippen LogP contribution in [0.2, 0.25) is 5.02 Å². The highest BCUT2D eigenvalue weighted by molar-refractivity contribution is 6.32. The number of carbonyl (C=O) groups is 2. The molecule has 1 saturated heterocycles. The molecule has 2 rings (SSSR count). The molecule has 21 heavy (non-hydrogen) atoms. The minimum Gasteiger partial charge on any atom is -0.493 e. The summed E-state index contributed by atoms with van der Waals surface area (Å²) in [5.41, 5.74) is 0.368. The van der Waals surface area contributed by atoms with E-state index in [2.05, 4.69) is 5.32 Å². The van der Waals surface area contributed by atoms with E-state index in [1.54, 1.807) is 6.07 Å². The predicted molar refractivity (Wildman–Crippen MR) is 78.1 cm³/mol. The van der Waals surface area contributed by atoms with Crippen molar-refractivity contribution in [2.45, 2.75) is 6.42 Å². The number of hydrogen-bond donors (Lipinski definition) is 1. The van der Waals surface area contributed by atoms with Gasteiger partial charge in [-0.25, -0.2) is 0 Å². The molecule has 1 aliphatic heterocycles. The van der Waals surface area contributed by atoms with Crippen molar-refractivity contribution in [2.24, 2.45) is 0 Å². The average molecular weight is 313 g/mol. The zero-order chi connectivity index (χ0) is 15.4. The van der Waals surface area contributed by atoms with E-state index in [4.69, 9.17) is 21.1 Å². The quantitative estimate of drug-likeness (QED) is 0.914. The SMILES string of the molecule is COc1cc(C(=O)N2CCCNC(=O)C2)cc(Cl)c1OC. The zero-order valence-electron chi connectivity index (χ0n) is 11.9. The van der Waals surface area contributed by atoms with Crippen LogP contribution >= 0.6 is 11.6 Å². The Morgan fingerprint density at radius 1 is 1.33 bits per heavy atom. The molecule has 1 fully saturated rings. The van der Waals surface area contributed by atoms with Gasteiger partial charge >= 0.3 is 0 Å². The maximum Gasteiger partial charge on any atom is 0.254 e. The Hall–Kier alpha value is -1.95. The highest BCUT2D eigenvalue weighted by atomic mass is 35.5. The average Bonchev–Trinajstić information content (AvgIpc) is 2.70. The van der Waals surface area contributed by atoms with Gasteiger partial charge in [-0.3, -0.25) is 9.59 Å². The van der Waals surface area contributed by atoms with Crippen molar-refractivity contribution >= 4 is 23.4 Å². The van der Waals surface area contributed by atoms with Crippen molar-refractivity contribution < 1.29 is 19.1 Å². The topological polar surface area (TPSA) is 67.9 Å². The van der Waals surface area contributed by atoms with Crippen LogP contribution in [0.4, 0.5) is 0 Å². The Morgan fingerprint density at radius 3 is 2.76 bits per heavy atom. The van der Waals surface area contributed by atoms with Crippen LogP contribution in [0.15, 0.2) is 12.1 Å². The Labute approximate surface area is 128 Å². The van der Waals surface area contributed by atoms with Crippen LogP contribution in [-0.2, 0) is 4.79 Å². The van der Waals surface area contributed by atoms with Crippen molar-refractivity contribution in [2.75, 3.05) is 33.9 Å². The van der Waals surface area contributed by atoms with Crippen molar-refractivity contribution in [1.29, 1.82) is 0 Å². The highest BCUT2D eigenvalue weighted by Gasteiger charge is 2.23. The van der Waals surface area contributed by atoms with Gasteiger partial charge in [0.25, 0.3) is 5.91 Å². The van der Waals surface area contributed by atoms with Gasteiger partial charge in [-0.05, 0) is 18.6 Å². The number of rotatable bonds is 3. The molecule has 0 aromatic heterocycles. The number of hydrogen-bond acceptors (Lipinski definition) is 4. The van der Waals surface area contributed by atoms with E-state index in [1.807, 2.05) is 0 Å². The van der Waals surface area contributed by atoms with Crippen LogP contribution in [-0.4, -0.2) is 50.6 Å². The second-order valence-corrected chi connectivity index (χ2v) is 5.03.